The molecule has 21 heavy (non-hydrogen) atoms. The summed E-state index contributed by atoms with van der Waals surface area (Å²) in [5, 5.41) is 10.9. The van der Waals surface area contributed by atoms with E-state index in [9.17, 15) is 9.90 Å². The first-order valence-electron chi connectivity index (χ1n) is 7.30. The van der Waals surface area contributed by atoms with Gasteiger partial charge in [0.15, 0.2) is 5.78 Å². The lowest BCUT2D eigenvalue weighted by Crippen LogP contribution is -2.51. The highest BCUT2D eigenvalue weighted by Gasteiger charge is 2.63. The molecule has 1 aliphatic heterocycles. The number of Topliss-reactive ketones (excluding diaryl/α,β-unsaturated/α-hetero) is 1. The molecular weight excluding hydrogens is 268 g/mol. The Morgan fingerprint density at radius 3 is 2.86 bits per heavy atom. The molecule has 3 rings (SSSR count). The molecule has 0 aromatic heterocycles. The molecule has 1 saturated heterocycles. The second kappa shape index (κ2) is 5.37. The third-order valence-electron chi connectivity index (χ3n) is 4.52. The van der Waals surface area contributed by atoms with Crippen molar-refractivity contribution in [1.29, 1.82) is 0 Å². The Kier molecular flexibility index (Phi) is 3.69. The zero-order chi connectivity index (χ0) is 14.9. The number of rotatable bonds is 3. The molecule has 2 fully saturated rings. The van der Waals surface area contributed by atoms with Gasteiger partial charge in [0.05, 0.1) is 18.1 Å². The molecule has 0 bridgehead atoms. The van der Waals surface area contributed by atoms with Gasteiger partial charge in [-0.05, 0) is 18.4 Å². The summed E-state index contributed by atoms with van der Waals surface area (Å²) in [4.78, 5) is 12.3. The third kappa shape index (κ3) is 2.33. The average molecular weight is 288 g/mol. The summed E-state index contributed by atoms with van der Waals surface area (Å²) in [5.41, 5.74) is -0.214. The van der Waals surface area contributed by atoms with Crippen molar-refractivity contribution >= 4 is 11.9 Å². The first-order valence-corrected chi connectivity index (χ1v) is 7.30. The van der Waals surface area contributed by atoms with Crippen LogP contribution in [0, 0.1) is 5.92 Å². The summed E-state index contributed by atoms with van der Waals surface area (Å²) in [6.07, 6.45) is 5.16. The summed E-state index contributed by atoms with van der Waals surface area (Å²) in [5.74, 6) is -1.79. The number of ketones is 1. The number of benzene rings is 1. The van der Waals surface area contributed by atoms with Gasteiger partial charge in [0.2, 0.25) is 5.79 Å². The Labute approximate surface area is 124 Å². The fourth-order valence-corrected chi connectivity index (χ4v) is 3.45. The van der Waals surface area contributed by atoms with E-state index in [1.807, 2.05) is 36.4 Å². The molecule has 3 atom stereocenters. The Morgan fingerprint density at radius 2 is 2.14 bits per heavy atom. The predicted octanol–water partition coefficient (Wildman–Crippen LogP) is 2.17. The van der Waals surface area contributed by atoms with Crippen molar-refractivity contribution in [3.8, 4) is 0 Å². The molecule has 2 aliphatic rings. The van der Waals surface area contributed by atoms with Crippen molar-refractivity contribution in [2.24, 2.45) is 5.92 Å². The van der Waals surface area contributed by atoms with E-state index in [1.165, 1.54) is 7.11 Å². The summed E-state index contributed by atoms with van der Waals surface area (Å²) in [7, 11) is 1.48. The van der Waals surface area contributed by atoms with E-state index in [-0.39, 0.29) is 18.1 Å². The van der Waals surface area contributed by atoms with Crippen molar-refractivity contribution in [3.05, 3.63) is 42.0 Å². The van der Waals surface area contributed by atoms with Crippen molar-refractivity contribution in [3.63, 3.8) is 0 Å². The van der Waals surface area contributed by atoms with E-state index < -0.39 is 11.4 Å². The minimum atomic E-state index is -1.27. The van der Waals surface area contributed by atoms with Crippen molar-refractivity contribution < 1.29 is 19.4 Å². The van der Waals surface area contributed by atoms with Crippen molar-refractivity contribution in [2.45, 2.75) is 30.7 Å². The summed E-state index contributed by atoms with van der Waals surface area (Å²) in [6.45, 7) is 0.495. The lowest BCUT2D eigenvalue weighted by atomic mass is 9.82. The van der Waals surface area contributed by atoms with E-state index in [4.69, 9.17) is 9.47 Å². The SMILES string of the molecule is CO[C@]12OCCC[C@H]1[C@](O)(/C=C/c1ccccc1)CC2=O. The van der Waals surface area contributed by atoms with Crippen LogP contribution in [0.1, 0.15) is 24.8 Å². The van der Waals surface area contributed by atoms with Gasteiger partial charge < -0.3 is 14.6 Å². The Morgan fingerprint density at radius 1 is 1.38 bits per heavy atom. The number of hydrogen-bond donors (Lipinski definition) is 1. The Hall–Kier alpha value is -1.49. The zero-order valence-corrected chi connectivity index (χ0v) is 12.1. The second-order valence-corrected chi connectivity index (χ2v) is 5.75. The highest BCUT2D eigenvalue weighted by molar-refractivity contribution is 5.91. The van der Waals surface area contributed by atoms with Crippen LogP contribution in [-0.4, -0.2) is 36.0 Å². The topological polar surface area (TPSA) is 55.8 Å². The molecule has 1 aliphatic carbocycles. The summed E-state index contributed by atoms with van der Waals surface area (Å²) >= 11 is 0. The van der Waals surface area contributed by atoms with E-state index in [1.54, 1.807) is 6.08 Å². The minimum absolute atomic E-state index is 0.0365. The lowest BCUT2D eigenvalue weighted by Gasteiger charge is -2.40. The predicted molar refractivity (Wildman–Crippen MR) is 78.5 cm³/mol. The minimum Gasteiger partial charge on any atom is -0.385 e. The zero-order valence-electron chi connectivity index (χ0n) is 12.1. The van der Waals surface area contributed by atoms with Gasteiger partial charge in [-0.1, -0.05) is 42.5 Å². The van der Waals surface area contributed by atoms with Crippen LogP contribution in [-0.2, 0) is 14.3 Å². The molecule has 0 radical (unpaired) electrons. The normalized spacial score (nSPS) is 36.1. The summed E-state index contributed by atoms with van der Waals surface area (Å²) < 4.78 is 11.0. The van der Waals surface area contributed by atoms with Crippen LogP contribution < -0.4 is 0 Å². The van der Waals surface area contributed by atoms with E-state index in [0.29, 0.717) is 6.61 Å². The maximum absolute atomic E-state index is 12.3. The van der Waals surface area contributed by atoms with Crippen LogP contribution in [0.25, 0.3) is 6.08 Å². The van der Waals surface area contributed by atoms with Crippen molar-refractivity contribution in [2.75, 3.05) is 13.7 Å². The number of ether oxygens (including phenoxy) is 2. The Bertz CT molecular complexity index is 553. The van der Waals surface area contributed by atoms with Gasteiger partial charge in [-0.2, -0.15) is 0 Å². The monoisotopic (exact) mass is 288 g/mol. The van der Waals surface area contributed by atoms with Crippen LogP contribution >= 0.6 is 0 Å². The first-order chi connectivity index (χ1) is 10.1. The molecule has 1 N–H and O–H groups in total. The van der Waals surface area contributed by atoms with Gasteiger partial charge in [0.1, 0.15) is 0 Å². The number of carbonyl (C=O) groups excluding carboxylic acids is 1. The van der Waals surface area contributed by atoms with Gasteiger partial charge in [-0.15, -0.1) is 0 Å². The van der Waals surface area contributed by atoms with Crippen molar-refractivity contribution in [1.82, 2.24) is 0 Å². The van der Waals surface area contributed by atoms with Crippen LogP contribution in [0.3, 0.4) is 0 Å². The number of methoxy groups -OCH3 is 1. The number of fused-ring (bicyclic) bond motifs is 1. The maximum atomic E-state index is 12.3. The molecule has 1 aromatic carbocycles. The van der Waals surface area contributed by atoms with Crippen LogP contribution in [0.15, 0.2) is 36.4 Å². The van der Waals surface area contributed by atoms with Gasteiger partial charge in [-0.3, -0.25) is 4.79 Å². The van der Waals surface area contributed by atoms with Gasteiger partial charge in [-0.25, -0.2) is 0 Å². The largest absolute Gasteiger partial charge is 0.385 e. The average Bonchev–Trinajstić information content (AvgIpc) is 2.76. The Balaban J connectivity index is 1.91. The van der Waals surface area contributed by atoms with Gasteiger partial charge >= 0.3 is 0 Å². The maximum Gasteiger partial charge on any atom is 0.234 e. The van der Waals surface area contributed by atoms with E-state index in [0.717, 1.165) is 18.4 Å². The van der Waals surface area contributed by atoms with E-state index >= 15 is 0 Å². The highest BCUT2D eigenvalue weighted by Crippen LogP contribution is 2.49. The molecule has 0 amide bonds. The fraction of sp³-hybridized carbons (Fsp3) is 0.471. The third-order valence-corrected chi connectivity index (χ3v) is 4.52. The number of carbonyl (C=O) groups is 1. The molecule has 4 heteroatoms. The standard InChI is InChI=1S/C17H20O4/c1-20-17-14(8-5-11-21-17)16(19,12-15(17)18)10-9-13-6-3-2-4-7-13/h2-4,6-7,9-10,14,19H,5,8,11-12H2,1H3/b10-9+/t14-,16-,17-/m0/s1. The number of hydrogen-bond acceptors (Lipinski definition) is 4. The van der Waals surface area contributed by atoms with Crippen LogP contribution in [0.4, 0.5) is 0 Å². The fourth-order valence-electron chi connectivity index (χ4n) is 3.45. The highest BCUT2D eigenvalue weighted by atomic mass is 16.7. The molecular formula is C17H20O4. The molecule has 1 aromatic rings. The molecule has 0 spiro atoms. The lowest BCUT2D eigenvalue weighted by molar-refractivity contribution is -0.258. The molecule has 1 heterocycles. The first kappa shape index (κ1) is 14.4. The molecule has 1 saturated carbocycles. The number of aliphatic hydroxyl groups is 1. The molecule has 4 nitrogen and oxygen atoms in total. The van der Waals surface area contributed by atoms with Crippen LogP contribution in [0.5, 0.6) is 0 Å². The molecule has 0 unspecified atom stereocenters. The quantitative estimate of drug-likeness (QED) is 0.926. The van der Waals surface area contributed by atoms with Crippen LogP contribution in [0.2, 0.25) is 0 Å². The van der Waals surface area contributed by atoms with E-state index in [2.05, 4.69) is 0 Å². The van der Waals surface area contributed by atoms with Gasteiger partial charge in [0.25, 0.3) is 0 Å². The molecule has 112 valence electrons. The smallest absolute Gasteiger partial charge is 0.234 e. The summed E-state index contributed by atoms with van der Waals surface area (Å²) in [6, 6.07) is 9.73. The second-order valence-electron chi connectivity index (χ2n) is 5.75. The van der Waals surface area contributed by atoms with Gasteiger partial charge in [0, 0.05) is 13.5 Å².